The van der Waals surface area contributed by atoms with Crippen molar-refractivity contribution in [2.75, 3.05) is 0 Å². The van der Waals surface area contributed by atoms with Crippen LogP contribution in [0.25, 0.3) is 4.96 Å². The number of hydrogen-bond acceptors (Lipinski definition) is 3. The highest BCUT2D eigenvalue weighted by Crippen LogP contribution is 2.17. The number of benzene rings is 1. The number of imidazole rings is 1. The van der Waals surface area contributed by atoms with E-state index in [0.29, 0.717) is 6.04 Å². The summed E-state index contributed by atoms with van der Waals surface area (Å²) in [6.07, 6.45) is 3.07. The first-order valence-electron chi connectivity index (χ1n) is 7.02. The molecule has 0 fully saturated rings. The lowest BCUT2D eigenvalue weighted by Crippen LogP contribution is -2.28. The van der Waals surface area contributed by atoms with Gasteiger partial charge >= 0.3 is 0 Å². The van der Waals surface area contributed by atoms with Gasteiger partial charge in [0.25, 0.3) is 0 Å². The summed E-state index contributed by atoms with van der Waals surface area (Å²) in [5, 5.41) is 6.44. The number of nitrogens with zero attached hydrogens (tertiary/aromatic N) is 2. The summed E-state index contributed by atoms with van der Waals surface area (Å²) in [6.45, 7) is 5.11. The second-order valence-corrected chi connectivity index (χ2v) is 6.62. The summed E-state index contributed by atoms with van der Waals surface area (Å²) in [7, 11) is 0. The van der Waals surface area contributed by atoms with E-state index in [-0.39, 0.29) is 0 Å². The maximum Gasteiger partial charge on any atom is 0.194 e. The molecule has 0 saturated heterocycles. The van der Waals surface area contributed by atoms with Crippen molar-refractivity contribution < 1.29 is 0 Å². The van der Waals surface area contributed by atoms with Crippen molar-refractivity contribution in [3.8, 4) is 0 Å². The van der Waals surface area contributed by atoms with Gasteiger partial charge in [-0.25, -0.2) is 4.98 Å². The Labute approximate surface area is 133 Å². The molecule has 3 nitrogen and oxygen atoms in total. The van der Waals surface area contributed by atoms with Crippen molar-refractivity contribution in [3.05, 3.63) is 57.8 Å². The van der Waals surface area contributed by atoms with E-state index in [9.17, 15) is 0 Å². The molecule has 0 spiro atoms. The summed E-state index contributed by atoms with van der Waals surface area (Å²) < 4.78 is 2.17. The van der Waals surface area contributed by atoms with Crippen LogP contribution in [-0.2, 0) is 13.0 Å². The van der Waals surface area contributed by atoms with E-state index < -0.39 is 0 Å². The zero-order chi connectivity index (χ0) is 14.8. The Morgan fingerprint density at radius 3 is 2.86 bits per heavy atom. The first-order valence-corrected chi connectivity index (χ1v) is 8.28. The maximum atomic E-state index is 5.91. The zero-order valence-corrected chi connectivity index (χ0v) is 13.7. The van der Waals surface area contributed by atoms with Gasteiger partial charge in [0.15, 0.2) is 4.96 Å². The van der Waals surface area contributed by atoms with Crippen LogP contribution in [-0.4, -0.2) is 15.4 Å². The van der Waals surface area contributed by atoms with E-state index >= 15 is 0 Å². The van der Waals surface area contributed by atoms with Crippen LogP contribution < -0.4 is 5.32 Å². The molecule has 0 saturated carbocycles. The summed E-state index contributed by atoms with van der Waals surface area (Å²) in [4.78, 5) is 5.64. The normalized spacial score (nSPS) is 12.9. The van der Waals surface area contributed by atoms with Gasteiger partial charge in [0.1, 0.15) is 0 Å². The molecule has 0 aliphatic carbocycles. The van der Waals surface area contributed by atoms with E-state index in [2.05, 4.69) is 52.3 Å². The Morgan fingerprint density at radius 1 is 1.33 bits per heavy atom. The van der Waals surface area contributed by atoms with Gasteiger partial charge in [-0.15, -0.1) is 11.3 Å². The van der Waals surface area contributed by atoms with E-state index in [1.165, 1.54) is 11.3 Å². The third-order valence-corrected chi connectivity index (χ3v) is 4.64. The molecule has 21 heavy (non-hydrogen) atoms. The lowest BCUT2D eigenvalue weighted by Gasteiger charge is -2.14. The van der Waals surface area contributed by atoms with Crippen molar-refractivity contribution in [1.82, 2.24) is 14.7 Å². The number of halogens is 1. The van der Waals surface area contributed by atoms with Gasteiger partial charge in [-0.3, -0.25) is 4.40 Å². The fourth-order valence-electron chi connectivity index (χ4n) is 2.47. The van der Waals surface area contributed by atoms with Crippen molar-refractivity contribution in [2.45, 2.75) is 32.9 Å². The predicted octanol–water partition coefficient (Wildman–Crippen LogP) is 4.08. The fourth-order valence-corrected chi connectivity index (χ4v) is 3.38. The van der Waals surface area contributed by atoms with Gasteiger partial charge in [0.2, 0.25) is 0 Å². The molecule has 1 N–H and O–H groups in total. The molecule has 1 unspecified atom stereocenters. The van der Waals surface area contributed by atoms with Crippen molar-refractivity contribution in [3.63, 3.8) is 0 Å². The smallest absolute Gasteiger partial charge is 0.194 e. The van der Waals surface area contributed by atoms with E-state index in [1.54, 1.807) is 11.3 Å². The monoisotopic (exact) mass is 319 g/mol. The molecule has 3 rings (SSSR count). The lowest BCUT2D eigenvalue weighted by atomic mass is 10.1. The summed E-state index contributed by atoms with van der Waals surface area (Å²) in [5.41, 5.74) is 3.65. The number of thiazole rings is 1. The topological polar surface area (TPSA) is 29.3 Å². The molecular formula is C16H18ClN3S. The quantitative estimate of drug-likeness (QED) is 0.768. The molecule has 0 aliphatic heterocycles. The minimum atomic E-state index is 0.398. The fraction of sp³-hybridized carbons (Fsp3) is 0.312. The van der Waals surface area contributed by atoms with Crippen LogP contribution in [0.2, 0.25) is 5.02 Å². The Morgan fingerprint density at radius 2 is 2.10 bits per heavy atom. The summed E-state index contributed by atoms with van der Waals surface area (Å²) in [6, 6.07) is 8.46. The van der Waals surface area contributed by atoms with Gasteiger partial charge in [-0.1, -0.05) is 23.7 Å². The summed E-state index contributed by atoms with van der Waals surface area (Å²) >= 11 is 7.59. The highest BCUT2D eigenvalue weighted by atomic mass is 35.5. The van der Waals surface area contributed by atoms with Crippen molar-refractivity contribution >= 4 is 27.9 Å². The molecule has 0 aliphatic rings. The standard InChI is InChI=1S/C16H18ClN3S/c1-11(9-13-3-5-14(17)6-4-13)18-10-15-12(2)19-16-20(15)7-8-21-16/h3-8,11,18H,9-10H2,1-2H3. The molecule has 0 amide bonds. The molecule has 5 heteroatoms. The predicted molar refractivity (Wildman–Crippen MR) is 89.3 cm³/mol. The van der Waals surface area contributed by atoms with Crippen molar-refractivity contribution in [1.29, 1.82) is 0 Å². The molecule has 0 radical (unpaired) electrons. The summed E-state index contributed by atoms with van der Waals surface area (Å²) in [5.74, 6) is 0. The van der Waals surface area contributed by atoms with Gasteiger partial charge in [-0.2, -0.15) is 0 Å². The van der Waals surface area contributed by atoms with Crippen molar-refractivity contribution in [2.24, 2.45) is 0 Å². The highest BCUT2D eigenvalue weighted by molar-refractivity contribution is 7.15. The largest absolute Gasteiger partial charge is 0.308 e. The molecular weight excluding hydrogens is 302 g/mol. The second-order valence-electron chi connectivity index (χ2n) is 5.31. The number of nitrogens with one attached hydrogen (secondary N) is 1. The van der Waals surface area contributed by atoms with Crippen LogP contribution in [0.15, 0.2) is 35.8 Å². The van der Waals surface area contributed by atoms with E-state index in [0.717, 1.165) is 28.6 Å². The molecule has 2 heterocycles. The minimum Gasteiger partial charge on any atom is -0.308 e. The molecule has 2 aromatic heterocycles. The average Bonchev–Trinajstić information content (AvgIpc) is 3.00. The Balaban J connectivity index is 1.63. The second kappa shape index (κ2) is 6.18. The van der Waals surface area contributed by atoms with Crippen LogP contribution in [0.5, 0.6) is 0 Å². The zero-order valence-electron chi connectivity index (χ0n) is 12.1. The Kier molecular flexibility index (Phi) is 4.29. The molecule has 1 aromatic carbocycles. The maximum absolute atomic E-state index is 5.91. The van der Waals surface area contributed by atoms with Crippen LogP contribution in [0.1, 0.15) is 23.9 Å². The van der Waals surface area contributed by atoms with Gasteiger partial charge in [0, 0.05) is 29.2 Å². The number of hydrogen-bond donors (Lipinski definition) is 1. The van der Waals surface area contributed by atoms with Gasteiger partial charge in [-0.05, 0) is 38.0 Å². The number of aryl methyl sites for hydroxylation is 1. The first kappa shape index (κ1) is 14.6. The molecule has 1 atom stereocenters. The third-order valence-electron chi connectivity index (χ3n) is 3.63. The molecule has 0 bridgehead atoms. The minimum absolute atomic E-state index is 0.398. The average molecular weight is 320 g/mol. The number of aromatic nitrogens is 2. The lowest BCUT2D eigenvalue weighted by molar-refractivity contribution is 0.537. The molecule has 3 aromatic rings. The Hall–Kier alpha value is -1.36. The van der Waals surface area contributed by atoms with E-state index in [1.807, 2.05) is 12.1 Å². The van der Waals surface area contributed by atoms with Crippen LogP contribution >= 0.6 is 22.9 Å². The number of rotatable bonds is 5. The van der Waals surface area contributed by atoms with Crippen LogP contribution in [0.3, 0.4) is 0 Å². The van der Waals surface area contributed by atoms with Gasteiger partial charge < -0.3 is 5.32 Å². The van der Waals surface area contributed by atoms with Crippen LogP contribution in [0.4, 0.5) is 0 Å². The van der Waals surface area contributed by atoms with E-state index in [4.69, 9.17) is 11.6 Å². The highest BCUT2D eigenvalue weighted by Gasteiger charge is 2.11. The number of fused-ring (bicyclic) bond motifs is 1. The van der Waals surface area contributed by atoms with Gasteiger partial charge in [0.05, 0.1) is 11.4 Å². The molecule has 110 valence electrons. The SMILES string of the molecule is Cc1nc2sccn2c1CNC(C)Cc1ccc(Cl)cc1. The van der Waals surface area contributed by atoms with Crippen LogP contribution in [0, 0.1) is 6.92 Å². The first-order chi connectivity index (χ1) is 10.1. The third kappa shape index (κ3) is 3.28. The Bertz CT molecular complexity index is 730.